The predicted molar refractivity (Wildman–Crippen MR) is 90.4 cm³/mol. The van der Waals surface area contributed by atoms with Crippen molar-refractivity contribution in [1.82, 2.24) is 20.5 Å². The smallest absolute Gasteiger partial charge is 0.350 e. The van der Waals surface area contributed by atoms with Crippen molar-refractivity contribution >= 4 is 30.7 Å². The third-order valence-corrected chi connectivity index (χ3v) is 3.74. The van der Waals surface area contributed by atoms with Gasteiger partial charge in [0.15, 0.2) is 0 Å². The zero-order valence-electron chi connectivity index (χ0n) is 13.7. The molecule has 27 heavy (non-hydrogen) atoms. The number of pyridine rings is 1. The first-order valence-corrected chi connectivity index (χ1v) is 7.42. The molecule has 1 aliphatic rings. The minimum absolute atomic E-state index is 0. The number of carbonyl (C=O) groups excluding carboxylic acids is 1. The summed E-state index contributed by atoms with van der Waals surface area (Å²) in [5.41, 5.74) is -1.42. The number of nitrogens with one attached hydrogen (secondary N) is 2. The molecule has 2 heterocycles. The SMILES string of the molecule is Cl.Cl.O=C(NCC(N1CCNCC1)C(F)(F)F)c1ccc(C(F)(F)F)nc1. The normalized spacial score (nSPS) is 16.7. The summed E-state index contributed by atoms with van der Waals surface area (Å²) in [7, 11) is 0. The molecule has 0 spiro atoms. The number of hydrogen-bond acceptors (Lipinski definition) is 4. The number of rotatable bonds is 4. The van der Waals surface area contributed by atoms with Crippen molar-refractivity contribution in [2.24, 2.45) is 0 Å². The Bertz CT molecular complexity index is 591. The van der Waals surface area contributed by atoms with Gasteiger partial charge in [-0.15, -0.1) is 24.8 Å². The maximum absolute atomic E-state index is 13.2. The number of aromatic nitrogens is 1. The lowest BCUT2D eigenvalue weighted by Gasteiger charge is -2.35. The number of amides is 1. The van der Waals surface area contributed by atoms with Gasteiger partial charge in [-0.25, -0.2) is 0 Å². The molecule has 1 aliphatic heterocycles. The van der Waals surface area contributed by atoms with E-state index in [-0.39, 0.29) is 43.5 Å². The van der Waals surface area contributed by atoms with Gasteiger partial charge in [0.25, 0.3) is 5.91 Å². The fourth-order valence-corrected chi connectivity index (χ4v) is 2.43. The quantitative estimate of drug-likeness (QED) is 0.703. The number of piperazine rings is 1. The van der Waals surface area contributed by atoms with Gasteiger partial charge in [0.1, 0.15) is 11.7 Å². The molecule has 0 saturated carbocycles. The largest absolute Gasteiger partial charge is 0.433 e. The highest BCUT2D eigenvalue weighted by atomic mass is 35.5. The average molecular weight is 443 g/mol. The first kappa shape index (κ1) is 25.7. The molecule has 1 atom stereocenters. The summed E-state index contributed by atoms with van der Waals surface area (Å²) in [6, 6.07) is -0.383. The van der Waals surface area contributed by atoms with Crippen LogP contribution in [0.4, 0.5) is 26.3 Å². The van der Waals surface area contributed by atoms with E-state index in [1.54, 1.807) is 0 Å². The van der Waals surface area contributed by atoms with Crippen molar-refractivity contribution in [2.75, 3.05) is 32.7 Å². The summed E-state index contributed by atoms with van der Waals surface area (Å²) >= 11 is 0. The van der Waals surface area contributed by atoms with Crippen LogP contribution in [0.2, 0.25) is 0 Å². The fourth-order valence-electron chi connectivity index (χ4n) is 2.43. The number of alkyl halides is 6. The maximum atomic E-state index is 13.2. The van der Waals surface area contributed by atoms with E-state index in [0.29, 0.717) is 25.4 Å². The van der Waals surface area contributed by atoms with E-state index < -0.39 is 36.5 Å². The Labute approximate surface area is 163 Å². The molecule has 1 unspecified atom stereocenters. The van der Waals surface area contributed by atoms with Crippen molar-refractivity contribution in [1.29, 1.82) is 0 Å². The number of halogens is 8. The maximum Gasteiger partial charge on any atom is 0.433 e. The topological polar surface area (TPSA) is 57.3 Å². The molecule has 1 fully saturated rings. The summed E-state index contributed by atoms with van der Waals surface area (Å²) < 4.78 is 76.8. The second-order valence-electron chi connectivity index (χ2n) is 5.48. The standard InChI is InChI=1S/C14H16F6N4O.2ClH/c15-13(16,17)10-2-1-9(7-22-10)12(25)23-8-11(14(18,19)20)24-5-3-21-4-6-24;;/h1-2,7,11,21H,3-6,8H2,(H,23,25);2*1H. The Morgan fingerprint density at radius 2 is 1.74 bits per heavy atom. The van der Waals surface area contributed by atoms with Crippen LogP contribution in [0, 0.1) is 0 Å². The Morgan fingerprint density at radius 3 is 2.19 bits per heavy atom. The molecule has 5 nitrogen and oxygen atoms in total. The molecule has 0 aromatic carbocycles. The number of hydrogen-bond donors (Lipinski definition) is 2. The first-order chi connectivity index (χ1) is 11.6. The van der Waals surface area contributed by atoms with Crippen LogP contribution in [0.15, 0.2) is 18.3 Å². The van der Waals surface area contributed by atoms with Gasteiger partial charge in [-0.3, -0.25) is 14.7 Å². The van der Waals surface area contributed by atoms with Crippen LogP contribution >= 0.6 is 24.8 Å². The van der Waals surface area contributed by atoms with Gasteiger partial charge in [-0.2, -0.15) is 26.3 Å². The third kappa shape index (κ3) is 7.32. The molecule has 1 saturated heterocycles. The van der Waals surface area contributed by atoms with E-state index in [0.717, 1.165) is 6.07 Å². The van der Waals surface area contributed by atoms with Crippen LogP contribution in [-0.4, -0.2) is 60.7 Å². The molecule has 0 radical (unpaired) electrons. The van der Waals surface area contributed by atoms with Gasteiger partial charge in [-0.05, 0) is 12.1 Å². The summed E-state index contributed by atoms with van der Waals surface area (Å²) in [5, 5.41) is 5.05. The molecular formula is C14H18Cl2F6N4O. The molecule has 156 valence electrons. The molecule has 0 aliphatic carbocycles. The second-order valence-corrected chi connectivity index (χ2v) is 5.48. The van der Waals surface area contributed by atoms with E-state index in [4.69, 9.17) is 0 Å². The van der Waals surface area contributed by atoms with Gasteiger partial charge >= 0.3 is 12.4 Å². The minimum Gasteiger partial charge on any atom is -0.350 e. The van der Waals surface area contributed by atoms with Crippen molar-refractivity contribution < 1.29 is 31.1 Å². The van der Waals surface area contributed by atoms with Gasteiger partial charge in [0.05, 0.1) is 5.56 Å². The second kappa shape index (κ2) is 10.3. The summed E-state index contributed by atoms with van der Waals surface area (Å²) in [6.07, 6.45) is -8.51. The van der Waals surface area contributed by atoms with Gasteiger partial charge in [0, 0.05) is 38.9 Å². The zero-order chi connectivity index (χ0) is 18.7. The molecule has 2 N–H and O–H groups in total. The van der Waals surface area contributed by atoms with Crippen LogP contribution in [0.25, 0.3) is 0 Å². The highest BCUT2D eigenvalue weighted by Gasteiger charge is 2.43. The molecular weight excluding hydrogens is 425 g/mol. The van der Waals surface area contributed by atoms with Crippen molar-refractivity contribution in [3.63, 3.8) is 0 Å². The van der Waals surface area contributed by atoms with Crippen LogP contribution in [-0.2, 0) is 6.18 Å². The summed E-state index contributed by atoms with van der Waals surface area (Å²) in [6.45, 7) is 0.486. The van der Waals surface area contributed by atoms with Crippen LogP contribution in [0.1, 0.15) is 16.1 Å². The van der Waals surface area contributed by atoms with Gasteiger partial charge in [0.2, 0.25) is 0 Å². The molecule has 1 aromatic heterocycles. The molecule has 2 rings (SSSR count). The molecule has 1 amide bonds. The zero-order valence-corrected chi connectivity index (χ0v) is 15.4. The van der Waals surface area contributed by atoms with Crippen LogP contribution < -0.4 is 10.6 Å². The minimum atomic E-state index is -4.65. The monoisotopic (exact) mass is 442 g/mol. The van der Waals surface area contributed by atoms with Crippen molar-refractivity contribution in [3.8, 4) is 0 Å². The lowest BCUT2D eigenvalue weighted by Crippen LogP contribution is -2.57. The van der Waals surface area contributed by atoms with Gasteiger partial charge < -0.3 is 10.6 Å². The average Bonchev–Trinajstić information content (AvgIpc) is 2.54. The van der Waals surface area contributed by atoms with Gasteiger partial charge in [-0.1, -0.05) is 0 Å². The molecule has 1 aromatic rings. The Hall–Kier alpha value is -1.30. The molecule has 0 bridgehead atoms. The third-order valence-electron chi connectivity index (χ3n) is 3.74. The Morgan fingerprint density at radius 1 is 1.15 bits per heavy atom. The number of carbonyl (C=O) groups is 1. The lowest BCUT2D eigenvalue weighted by atomic mass is 10.2. The van der Waals surface area contributed by atoms with Crippen LogP contribution in [0.5, 0.6) is 0 Å². The number of nitrogens with zero attached hydrogens (tertiary/aromatic N) is 2. The van der Waals surface area contributed by atoms with E-state index >= 15 is 0 Å². The lowest BCUT2D eigenvalue weighted by molar-refractivity contribution is -0.183. The first-order valence-electron chi connectivity index (χ1n) is 7.42. The fraction of sp³-hybridized carbons (Fsp3) is 0.571. The van der Waals surface area contributed by atoms with E-state index in [1.807, 2.05) is 0 Å². The van der Waals surface area contributed by atoms with Crippen LogP contribution in [0.3, 0.4) is 0 Å². The predicted octanol–water partition coefficient (Wildman–Crippen LogP) is 2.51. The van der Waals surface area contributed by atoms with Crippen molar-refractivity contribution in [2.45, 2.75) is 18.4 Å². The Balaban J connectivity index is 0.00000338. The van der Waals surface area contributed by atoms with E-state index in [9.17, 15) is 31.1 Å². The summed E-state index contributed by atoms with van der Waals surface area (Å²) in [5.74, 6) is -0.911. The van der Waals surface area contributed by atoms with E-state index in [2.05, 4.69) is 15.6 Å². The van der Waals surface area contributed by atoms with Crippen molar-refractivity contribution in [3.05, 3.63) is 29.6 Å². The summed E-state index contributed by atoms with van der Waals surface area (Å²) in [4.78, 5) is 16.2. The highest BCUT2D eigenvalue weighted by Crippen LogP contribution is 2.27. The Kier molecular flexibility index (Phi) is 9.80. The van der Waals surface area contributed by atoms with E-state index in [1.165, 1.54) is 4.90 Å². The molecule has 13 heteroatoms. The highest BCUT2D eigenvalue weighted by molar-refractivity contribution is 5.93.